The molecule has 0 unspecified atom stereocenters. The van der Waals surface area contributed by atoms with Crippen molar-refractivity contribution in [2.24, 2.45) is 0 Å². The lowest BCUT2D eigenvalue weighted by atomic mass is 10.0. The lowest BCUT2D eigenvalue weighted by Crippen LogP contribution is -2.31. The Bertz CT molecular complexity index is 961. The number of carboxylic acid groups (broad SMARTS) is 1. The van der Waals surface area contributed by atoms with Gasteiger partial charge < -0.3 is 44.8 Å². The standard InChI is InChI=1S/C40H74O13/c1-5-9-13-17-29(41)21-30(42)26-38(48)52-35(19-15-11-7-3)23-32(44)28-40(50)53-36(20-16-12-8-4)24-33(45)27-39(49)51-34(18-14-10-6-2)22-31(43)25-37(46)47/h29-36,41-45H,5-28H2,1-4H3,(H,46,47)/t29-,30+,31-,32-,33-,34-,35-,36-/m0/s1. The Hall–Kier alpha value is -2.32. The van der Waals surface area contributed by atoms with Crippen molar-refractivity contribution in [1.29, 1.82) is 0 Å². The van der Waals surface area contributed by atoms with E-state index in [2.05, 4.69) is 6.92 Å². The number of esters is 3. The van der Waals surface area contributed by atoms with Crippen molar-refractivity contribution in [3.8, 4) is 0 Å². The number of hydrogen-bond donors (Lipinski definition) is 6. The van der Waals surface area contributed by atoms with E-state index in [1.165, 1.54) is 0 Å². The van der Waals surface area contributed by atoms with E-state index in [4.69, 9.17) is 19.3 Å². The second-order valence-corrected chi connectivity index (χ2v) is 14.7. The number of aliphatic hydroxyl groups is 5. The van der Waals surface area contributed by atoms with E-state index in [1.54, 1.807) is 0 Å². The first kappa shape index (κ1) is 50.7. The van der Waals surface area contributed by atoms with E-state index in [0.717, 1.165) is 70.6 Å². The van der Waals surface area contributed by atoms with Crippen molar-refractivity contribution in [2.75, 3.05) is 0 Å². The summed E-state index contributed by atoms with van der Waals surface area (Å²) in [5.74, 6) is -3.19. The predicted molar refractivity (Wildman–Crippen MR) is 201 cm³/mol. The number of hydrogen-bond acceptors (Lipinski definition) is 12. The fourth-order valence-electron chi connectivity index (χ4n) is 6.33. The Kier molecular flexibility index (Phi) is 30.6. The lowest BCUT2D eigenvalue weighted by molar-refractivity contribution is -0.156. The van der Waals surface area contributed by atoms with Crippen LogP contribution in [-0.4, -0.2) is 103 Å². The van der Waals surface area contributed by atoms with Gasteiger partial charge >= 0.3 is 23.9 Å². The monoisotopic (exact) mass is 763 g/mol. The number of ether oxygens (including phenoxy) is 3. The minimum atomic E-state index is -1.19. The van der Waals surface area contributed by atoms with Gasteiger partial charge in [-0.25, -0.2) is 0 Å². The Morgan fingerprint density at radius 2 is 0.679 bits per heavy atom. The van der Waals surface area contributed by atoms with Gasteiger partial charge in [0.2, 0.25) is 0 Å². The minimum absolute atomic E-state index is 0.00412. The first-order valence-corrected chi connectivity index (χ1v) is 20.4. The van der Waals surface area contributed by atoms with Crippen LogP contribution in [0.15, 0.2) is 0 Å². The van der Waals surface area contributed by atoms with Gasteiger partial charge in [0, 0.05) is 19.3 Å². The van der Waals surface area contributed by atoms with Gasteiger partial charge in [-0.3, -0.25) is 19.2 Å². The van der Waals surface area contributed by atoms with E-state index in [1.807, 2.05) is 20.8 Å². The highest BCUT2D eigenvalue weighted by atomic mass is 16.6. The summed E-state index contributed by atoms with van der Waals surface area (Å²) < 4.78 is 16.8. The van der Waals surface area contributed by atoms with Gasteiger partial charge in [-0.15, -0.1) is 0 Å². The first-order valence-electron chi connectivity index (χ1n) is 20.4. The average molecular weight is 763 g/mol. The minimum Gasteiger partial charge on any atom is -0.481 e. The Balaban J connectivity index is 5.24. The van der Waals surface area contributed by atoms with Crippen LogP contribution in [0.4, 0.5) is 0 Å². The predicted octanol–water partition coefficient (Wildman–Crippen LogP) is 6.05. The van der Waals surface area contributed by atoms with Gasteiger partial charge in [-0.05, 0) is 51.4 Å². The van der Waals surface area contributed by atoms with Crippen LogP contribution in [0, 0.1) is 0 Å². The molecular formula is C40H74O13. The summed E-state index contributed by atoms with van der Waals surface area (Å²) in [4.78, 5) is 49.4. The maximum Gasteiger partial charge on any atom is 0.308 e. The molecular weight excluding hydrogens is 688 g/mol. The molecule has 0 amide bonds. The molecule has 8 atom stereocenters. The summed E-state index contributed by atoms with van der Waals surface area (Å²) in [6.45, 7) is 8.13. The summed E-state index contributed by atoms with van der Waals surface area (Å²) in [6.07, 6.45) is 3.46. The summed E-state index contributed by atoms with van der Waals surface area (Å²) in [5.41, 5.74) is 0. The zero-order valence-electron chi connectivity index (χ0n) is 33.1. The molecule has 0 aromatic carbocycles. The summed E-state index contributed by atoms with van der Waals surface area (Å²) in [5, 5.41) is 61.2. The molecule has 0 aliphatic rings. The molecule has 6 N–H and O–H groups in total. The molecule has 0 aromatic heterocycles. The fourth-order valence-corrected chi connectivity index (χ4v) is 6.33. The van der Waals surface area contributed by atoms with Gasteiger partial charge in [-0.1, -0.05) is 85.5 Å². The number of unbranched alkanes of at least 4 members (excludes halogenated alkanes) is 8. The molecule has 0 fully saturated rings. The van der Waals surface area contributed by atoms with Crippen LogP contribution in [0.2, 0.25) is 0 Å². The Labute approximate surface area is 318 Å². The maximum absolute atomic E-state index is 13.0. The normalized spacial score (nSPS) is 16.1. The highest BCUT2D eigenvalue weighted by Gasteiger charge is 2.27. The molecule has 0 aromatic rings. The van der Waals surface area contributed by atoms with Crippen molar-refractivity contribution in [3.63, 3.8) is 0 Å². The third-order valence-electron chi connectivity index (χ3n) is 9.19. The third kappa shape index (κ3) is 29.7. The molecule has 0 saturated heterocycles. The number of carbonyl (C=O) groups excluding carboxylic acids is 3. The second kappa shape index (κ2) is 32.0. The average Bonchev–Trinajstić information content (AvgIpc) is 3.04. The molecule has 0 spiro atoms. The summed E-state index contributed by atoms with van der Waals surface area (Å²) >= 11 is 0. The number of aliphatic carboxylic acids is 1. The van der Waals surface area contributed by atoms with Crippen molar-refractivity contribution < 1.29 is 64.0 Å². The topological polar surface area (TPSA) is 217 Å². The van der Waals surface area contributed by atoms with Gasteiger partial charge in [0.15, 0.2) is 0 Å². The summed E-state index contributed by atoms with van der Waals surface area (Å²) in [7, 11) is 0. The first-order chi connectivity index (χ1) is 25.2. The lowest BCUT2D eigenvalue weighted by Gasteiger charge is -2.24. The molecule has 0 bridgehead atoms. The molecule has 13 heteroatoms. The van der Waals surface area contributed by atoms with E-state index >= 15 is 0 Å². The molecule has 13 nitrogen and oxygen atoms in total. The van der Waals surface area contributed by atoms with Crippen molar-refractivity contribution >= 4 is 23.9 Å². The van der Waals surface area contributed by atoms with Crippen LogP contribution < -0.4 is 0 Å². The van der Waals surface area contributed by atoms with E-state index < -0.39 is 79.1 Å². The van der Waals surface area contributed by atoms with Crippen molar-refractivity contribution in [1.82, 2.24) is 0 Å². The molecule has 0 aliphatic heterocycles. The van der Waals surface area contributed by atoms with Crippen LogP contribution in [-0.2, 0) is 33.4 Å². The maximum atomic E-state index is 13.0. The SMILES string of the molecule is CCCCC[C@H](O)C[C@@H](O)CC(=O)O[C@@H](CCCCC)C[C@H](O)CC(=O)O[C@@H](CCCCC)C[C@H](O)CC(=O)O[C@@H](CCCCC)C[C@H](O)CC(=O)O. The number of carboxylic acids is 1. The third-order valence-corrected chi connectivity index (χ3v) is 9.19. The van der Waals surface area contributed by atoms with E-state index in [-0.39, 0.29) is 44.9 Å². The molecule has 0 aliphatic carbocycles. The molecule has 0 saturated carbocycles. The summed E-state index contributed by atoms with van der Waals surface area (Å²) in [6, 6.07) is 0. The molecule has 0 radical (unpaired) electrons. The van der Waals surface area contributed by atoms with Crippen LogP contribution in [0.5, 0.6) is 0 Å². The fraction of sp³-hybridized carbons (Fsp3) is 0.900. The van der Waals surface area contributed by atoms with Gasteiger partial charge in [0.05, 0.1) is 56.2 Å². The number of rotatable bonds is 35. The molecule has 0 heterocycles. The smallest absolute Gasteiger partial charge is 0.308 e. The molecule has 312 valence electrons. The van der Waals surface area contributed by atoms with Crippen LogP contribution in [0.25, 0.3) is 0 Å². The molecule has 53 heavy (non-hydrogen) atoms. The Morgan fingerprint density at radius 1 is 0.396 bits per heavy atom. The zero-order valence-corrected chi connectivity index (χ0v) is 33.1. The highest BCUT2D eigenvalue weighted by molar-refractivity contribution is 5.71. The highest BCUT2D eigenvalue weighted by Crippen LogP contribution is 2.21. The second-order valence-electron chi connectivity index (χ2n) is 14.7. The van der Waals surface area contributed by atoms with Gasteiger partial charge in [0.25, 0.3) is 0 Å². The number of carbonyl (C=O) groups is 4. The Morgan fingerprint density at radius 3 is 0.981 bits per heavy atom. The van der Waals surface area contributed by atoms with Crippen molar-refractivity contribution in [2.45, 2.75) is 231 Å². The van der Waals surface area contributed by atoms with E-state index in [0.29, 0.717) is 32.1 Å². The van der Waals surface area contributed by atoms with Crippen molar-refractivity contribution in [3.05, 3.63) is 0 Å². The quantitative estimate of drug-likeness (QED) is 0.0246. The molecule has 0 rings (SSSR count). The zero-order chi connectivity index (χ0) is 40.0. The van der Waals surface area contributed by atoms with E-state index in [9.17, 15) is 44.7 Å². The van der Waals surface area contributed by atoms with Crippen LogP contribution in [0.3, 0.4) is 0 Å². The largest absolute Gasteiger partial charge is 0.481 e. The van der Waals surface area contributed by atoms with Gasteiger partial charge in [0.1, 0.15) is 18.3 Å². The van der Waals surface area contributed by atoms with Crippen LogP contribution in [0.1, 0.15) is 182 Å². The number of aliphatic hydroxyl groups excluding tert-OH is 5. The van der Waals surface area contributed by atoms with Gasteiger partial charge in [-0.2, -0.15) is 0 Å². The van der Waals surface area contributed by atoms with Crippen LogP contribution >= 0.6 is 0 Å².